The first-order valence-corrected chi connectivity index (χ1v) is 7.98. The summed E-state index contributed by atoms with van der Waals surface area (Å²) >= 11 is 3.52. The van der Waals surface area contributed by atoms with E-state index in [0.29, 0.717) is 11.6 Å². The van der Waals surface area contributed by atoms with Crippen molar-refractivity contribution in [1.29, 1.82) is 0 Å². The minimum Gasteiger partial charge on any atom is -0.355 e. The summed E-state index contributed by atoms with van der Waals surface area (Å²) in [7, 11) is 0. The predicted molar refractivity (Wildman–Crippen MR) is 77.8 cm³/mol. The molecule has 0 aliphatic carbocycles. The number of halogens is 1. The first-order chi connectivity index (χ1) is 8.27. The zero-order chi connectivity index (χ0) is 12.8. The van der Waals surface area contributed by atoms with Crippen molar-refractivity contribution in [1.82, 2.24) is 0 Å². The number of ether oxygens (including phenoxy) is 2. The van der Waals surface area contributed by atoms with Gasteiger partial charge in [0.2, 0.25) is 0 Å². The van der Waals surface area contributed by atoms with Crippen molar-refractivity contribution in [3.8, 4) is 0 Å². The minimum atomic E-state index is 0.464. The van der Waals surface area contributed by atoms with Crippen LogP contribution in [0.25, 0.3) is 0 Å². The molecule has 0 aromatic rings. The van der Waals surface area contributed by atoms with Gasteiger partial charge in [0.05, 0.1) is 0 Å². The first-order valence-electron chi connectivity index (χ1n) is 7.07. The van der Waals surface area contributed by atoms with Crippen LogP contribution < -0.4 is 0 Å². The maximum atomic E-state index is 5.41. The van der Waals surface area contributed by atoms with Crippen molar-refractivity contribution >= 4 is 15.9 Å². The predicted octanol–water partition coefficient (Wildman–Crippen LogP) is 4.90. The van der Waals surface area contributed by atoms with Gasteiger partial charge in [-0.3, -0.25) is 0 Å². The first kappa shape index (κ1) is 17.4. The standard InChI is InChI=1S/C14H29BrO2/c1-3-4-5-6-7-8-11-16-13-17-12-9-10-14(2)15/h14H,3-13H2,1-2H3. The van der Waals surface area contributed by atoms with Gasteiger partial charge in [0.25, 0.3) is 0 Å². The van der Waals surface area contributed by atoms with E-state index in [9.17, 15) is 0 Å². The minimum absolute atomic E-state index is 0.464. The molecule has 104 valence electrons. The highest BCUT2D eigenvalue weighted by atomic mass is 79.9. The fraction of sp³-hybridized carbons (Fsp3) is 1.00. The van der Waals surface area contributed by atoms with Gasteiger partial charge in [-0.1, -0.05) is 61.9 Å². The molecule has 0 spiro atoms. The van der Waals surface area contributed by atoms with E-state index in [1.807, 2.05) is 0 Å². The Labute approximate surface area is 116 Å². The average Bonchev–Trinajstić information content (AvgIpc) is 2.30. The molecule has 0 fully saturated rings. The Bertz CT molecular complexity index is 140. The lowest BCUT2D eigenvalue weighted by atomic mass is 10.1. The van der Waals surface area contributed by atoms with E-state index in [1.54, 1.807) is 0 Å². The van der Waals surface area contributed by atoms with Gasteiger partial charge in [-0.05, 0) is 19.3 Å². The summed E-state index contributed by atoms with van der Waals surface area (Å²) in [5.41, 5.74) is 0. The largest absolute Gasteiger partial charge is 0.355 e. The molecular formula is C14H29BrO2. The van der Waals surface area contributed by atoms with Crippen LogP contribution in [0.5, 0.6) is 0 Å². The molecule has 0 saturated carbocycles. The lowest BCUT2D eigenvalue weighted by Gasteiger charge is -2.06. The summed E-state index contributed by atoms with van der Waals surface area (Å²) in [5.74, 6) is 0. The van der Waals surface area contributed by atoms with Gasteiger partial charge in [-0.2, -0.15) is 0 Å². The smallest absolute Gasteiger partial charge is 0.146 e. The molecule has 0 aromatic carbocycles. The van der Waals surface area contributed by atoms with Gasteiger partial charge >= 0.3 is 0 Å². The Hall–Kier alpha value is 0.400. The molecule has 0 rings (SSSR count). The van der Waals surface area contributed by atoms with E-state index in [0.717, 1.165) is 26.1 Å². The average molecular weight is 309 g/mol. The Balaban J connectivity index is 2.89. The van der Waals surface area contributed by atoms with Crippen LogP contribution in [0.4, 0.5) is 0 Å². The maximum absolute atomic E-state index is 5.41. The van der Waals surface area contributed by atoms with Crippen molar-refractivity contribution in [2.75, 3.05) is 20.0 Å². The van der Waals surface area contributed by atoms with Gasteiger partial charge in [-0.25, -0.2) is 0 Å². The number of hydrogen-bond acceptors (Lipinski definition) is 2. The molecule has 0 bridgehead atoms. The summed E-state index contributed by atoms with van der Waals surface area (Å²) in [6.07, 6.45) is 10.1. The fourth-order valence-electron chi connectivity index (χ4n) is 1.63. The van der Waals surface area contributed by atoms with E-state index in [-0.39, 0.29) is 0 Å². The van der Waals surface area contributed by atoms with E-state index in [1.165, 1.54) is 38.5 Å². The molecule has 0 aromatic heterocycles. The molecule has 1 unspecified atom stereocenters. The van der Waals surface area contributed by atoms with Crippen LogP contribution in [0.3, 0.4) is 0 Å². The third-order valence-corrected chi connectivity index (χ3v) is 3.16. The van der Waals surface area contributed by atoms with Crippen molar-refractivity contribution in [3.63, 3.8) is 0 Å². The molecule has 0 amide bonds. The van der Waals surface area contributed by atoms with Crippen LogP contribution in [-0.2, 0) is 9.47 Å². The summed E-state index contributed by atoms with van der Waals surface area (Å²) in [6, 6.07) is 0. The molecule has 0 saturated heterocycles. The van der Waals surface area contributed by atoms with Gasteiger partial charge < -0.3 is 9.47 Å². The fourth-order valence-corrected chi connectivity index (χ4v) is 1.95. The highest BCUT2D eigenvalue weighted by molar-refractivity contribution is 9.09. The molecule has 0 N–H and O–H groups in total. The summed E-state index contributed by atoms with van der Waals surface area (Å²) < 4.78 is 10.8. The Morgan fingerprint density at radius 2 is 1.47 bits per heavy atom. The second kappa shape index (κ2) is 14.5. The SMILES string of the molecule is CCCCCCCCOCOCCCC(C)Br. The lowest BCUT2D eigenvalue weighted by molar-refractivity contribution is -0.0554. The van der Waals surface area contributed by atoms with Gasteiger partial charge in [-0.15, -0.1) is 0 Å². The van der Waals surface area contributed by atoms with E-state index in [2.05, 4.69) is 29.8 Å². The Kier molecular flexibility index (Phi) is 14.8. The van der Waals surface area contributed by atoms with E-state index < -0.39 is 0 Å². The molecule has 0 aliphatic heterocycles. The van der Waals surface area contributed by atoms with Crippen LogP contribution in [0, 0.1) is 0 Å². The third kappa shape index (κ3) is 16.4. The second-order valence-corrected chi connectivity index (χ2v) is 6.19. The number of hydrogen-bond donors (Lipinski definition) is 0. The topological polar surface area (TPSA) is 18.5 Å². The monoisotopic (exact) mass is 308 g/mol. The van der Waals surface area contributed by atoms with Crippen LogP contribution in [0.15, 0.2) is 0 Å². The third-order valence-electron chi connectivity index (χ3n) is 2.70. The zero-order valence-corrected chi connectivity index (χ0v) is 13.1. The molecule has 0 radical (unpaired) electrons. The molecule has 1 atom stereocenters. The summed E-state index contributed by atoms with van der Waals surface area (Å²) in [6.45, 7) is 6.53. The van der Waals surface area contributed by atoms with Gasteiger partial charge in [0.15, 0.2) is 0 Å². The molecule has 0 heterocycles. The lowest BCUT2D eigenvalue weighted by Crippen LogP contribution is -2.04. The number of alkyl halides is 1. The quantitative estimate of drug-likeness (QED) is 0.274. The molecule has 0 aliphatic rings. The normalized spacial score (nSPS) is 12.9. The maximum Gasteiger partial charge on any atom is 0.146 e. The summed E-state index contributed by atoms with van der Waals surface area (Å²) in [4.78, 5) is 0.593. The summed E-state index contributed by atoms with van der Waals surface area (Å²) in [5, 5.41) is 0. The highest BCUT2D eigenvalue weighted by Gasteiger charge is 1.95. The Morgan fingerprint density at radius 1 is 0.882 bits per heavy atom. The van der Waals surface area contributed by atoms with Crippen molar-refractivity contribution < 1.29 is 9.47 Å². The second-order valence-electron chi connectivity index (χ2n) is 4.63. The highest BCUT2D eigenvalue weighted by Crippen LogP contribution is 2.06. The van der Waals surface area contributed by atoms with Crippen molar-refractivity contribution in [2.45, 2.75) is 70.0 Å². The molecule has 2 nitrogen and oxygen atoms in total. The van der Waals surface area contributed by atoms with Gasteiger partial charge in [0, 0.05) is 18.0 Å². The van der Waals surface area contributed by atoms with Crippen LogP contribution in [0.2, 0.25) is 0 Å². The number of unbranched alkanes of at least 4 members (excludes halogenated alkanes) is 5. The van der Waals surface area contributed by atoms with Gasteiger partial charge in [0.1, 0.15) is 6.79 Å². The van der Waals surface area contributed by atoms with Crippen LogP contribution in [0.1, 0.15) is 65.2 Å². The molecule has 3 heteroatoms. The van der Waals surface area contributed by atoms with Crippen LogP contribution >= 0.6 is 15.9 Å². The van der Waals surface area contributed by atoms with E-state index >= 15 is 0 Å². The van der Waals surface area contributed by atoms with Crippen molar-refractivity contribution in [2.24, 2.45) is 0 Å². The molecule has 17 heavy (non-hydrogen) atoms. The Morgan fingerprint density at radius 3 is 2.12 bits per heavy atom. The van der Waals surface area contributed by atoms with E-state index in [4.69, 9.17) is 9.47 Å². The number of rotatable bonds is 13. The van der Waals surface area contributed by atoms with Crippen molar-refractivity contribution in [3.05, 3.63) is 0 Å². The molecular weight excluding hydrogens is 280 g/mol. The van der Waals surface area contributed by atoms with Crippen LogP contribution in [-0.4, -0.2) is 24.8 Å². The zero-order valence-electron chi connectivity index (χ0n) is 11.5.